The number of rotatable bonds is 6. The second-order valence-corrected chi connectivity index (χ2v) is 6.31. The van der Waals surface area contributed by atoms with Gasteiger partial charge < -0.3 is 14.2 Å². The molecule has 0 aliphatic heterocycles. The maximum absolute atomic E-state index is 12.5. The van der Waals surface area contributed by atoms with Crippen LogP contribution in [0.5, 0.6) is 17.2 Å². The highest BCUT2D eigenvalue weighted by atomic mass is 16.5. The van der Waals surface area contributed by atoms with Gasteiger partial charge in [-0.15, -0.1) is 0 Å². The van der Waals surface area contributed by atoms with Crippen molar-refractivity contribution in [2.24, 2.45) is 0 Å². The third-order valence-electron chi connectivity index (χ3n) is 4.64. The Morgan fingerprint density at radius 3 is 2.41 bits per heavy atom. The Bertz CT molecular complexity index is 1210. The standard InChI is InChI=1S/C21H20N4O4/c1-27-16-10-9-14(17(28-2)18(16)29-3)15-11-22-19-20(23-15)25(21(26)24-19)12-13-7-5-4-6-8-13/h4-11H,12H2,1-3H3,(H,22,24,26). The lowest BCUT2D eigenvalue weighted by molar-refractivity contribution is 0.325. The Labute approximate surface area is 166 Å². The molecule has 0 saturated carbocycles. The molecule has 2 heterocycles. The maximum atomic E-state index is 12.5. The van der Waals surface area contributed by atoms with Gasteiger partial charge in [0.2, 0.25) is 5.75 Å². The fourth-order valence-corrected chi connectivity index (χ4v) is 3.27. The van der Waals surface area contributed by atoms with E-state index in [1.54, 1.807) is 38.2 Å². The molecule has 29 heavy (non-hydrogen) atoms. The van der Waals surface area contributed by atoms with Crippen molar-refractivity contribution in [2.45, 2.75) is 6.54 Å². The summed E-state index contributed by atoms with van der Waals surface area (Å²) in [4.78, 5) is 24.3. The van der Waals surface area contributed by atoms with E-state index in [1.165, 1.54) is 0 Å². The summed E-state index contributed by atoms with van der Waals surface area (Å²) in [5.41, 5.74) is 2.85. The van der Waals surface area contributed by atoms with E-state index >= 15 is 0 Å². The third-order valence-corrected chi connectivity index (χ3v) is 4.64. The maximum Gasteiger partial charge on any atom is 0.329 e. The summed E-state index contributed by atoms with van der Waals surface area (Å²) in [6.07, 6.45) is 1.59. The molecule has 0 radical (unpaired) electrons. The molecule has 0 amide bonds. The van der Waals surface area contributed by atoms with E-state index in [0.717, 1.165) is 5.56 Å². The van der Waals surface area contributed by atoms with Crippen LogP contribution >= 0.6 is 0 Å². The Hall–Kier alpha value is -3.81. The van der Waals surface area contributed by atoms with Crippen molar-refractivity contribution in [3.05, 3.63) is 64.7 Å². The first-order valence-electron chi connectivity index (χ1n) is 8.95. The van der Waals surface area contributed by atoms with Crippen molar-refractivity contribution in [3.8, 4) is 28.5 Å². The zero-order valence-electron chi connectivity index (χ0n) is 16.3. The van der Waals surface area contributed by atoms with Crippen molar-refractivity contribution >= 4 is 11.3 Å². The summed E-state index contributed by atoms with van der Waals surface area (Å²) >= 11 is 0. The fraction of sp³-hybridized carbons (Fsp3) is 0.190. The van der Waals surface area contributed by atoms with Gasteiger partial charge in [-0.2, -0.15) is 0 Å². The molecule has 0 atom stereocenters. The summed E-state index contributed by atoms with van der Waals surface area (Å²) < 4.78 is 17.9. The van der Waals surface area contributed by atoms with Gasteiger partial charge in [0, 0.05) is 5.56 Å². The van der Waals surface area contributed by atoms with Crippen LogP contribution in [0.4, 0.5) is 0 Å². The molecule has 148 valence electrons. The zero-order valence-corrected chi connectivity index (χ0v) is 16.3. The van der Waals surface area contributed by atoms with Crippen LogP contribution in [-0.2, 0) is 6.54 Å². The predicted octanol–water partition coefficient (Wildman–Crippen LogP) is 2.86. The highest BCUT2D eigenvalue weighted by Gasteiger charge is 2.19. The lowest BCUT2D eigenvalue weighted by atomic mass is 10.1. The number of aromatic nitrogens is 4. The smallest absolute Gasteiger partial charge is 0.329 e. The minimum absolute atomic E-state index is 0.264. The predicted molar refractivity (Wildman–Crippen MR) is 109 cm³/mol. The average molecular weight is 392 g/mol. The summed E-state index contributed by atoms with van der Waals surface area (Å²) in [6.45, 7) is 0.390. The van der Waals surface area contributed by atoms with Crippen molar-refractivity contribution in [2.75, 3.05) is 21.3 Å². The first-order chi connectivity index (χ1) is 14.2. The normalized spacial score (nSPS) is 10.9. The highest BCUT2D eigenvalue weighted by Crippen LogP contribution is 2.43. The van der Waals surface area contributed by atoms with Crippen molar-refractivity contribution in [1.82, 2.24) is 19.5 Å². The molecule has 0 bridgehead atoms. The van der Waals surface area contributed by atoms with Gasteiger partial charge in [0.25, 0.3) is 0 Å². The number of aromatic amines is 1. The second kappa shape index (κ2) is 7.67. The monoisotopic (exact) mass is 392 g/mol. The molecule has 2 aromatic heterocycles. The molecule has 8 nitrogen and oxygen atoms in total. The summed E-state index contributed by atoms with van der Waals surface area (Å²) in [6, 6.07) is 13.3. The molecule has 0 aliphatic carbocycles. The second-order valence-electron chi connectivity index (χ2n) is 6.31. The number of ether oxygens (including phenoxy) is 3. The molecule has 4 rings (SSSR count). The third kappa shape index (κ3) is 3.29. The van der Waals surface area contributed by atoms with E-state index in [0.29, 0.717) is 46.3 Å². The quantitative estimate of drug-likeness (QED) is 0.543. The first-order valence-corrected chi connectivity index (χ1v) is 8.95. The van der Waals surface area contributed by atoms with Crippen LogP contribution in [0.25, 0.3) is 22.6 Å². The number of nitrogens with zero attached hydrogens (tertiary/aromatic N) is 3. The minimum atomic E-state index is -0.264. The van der Waals surface area contributed by atoms with E-state index in [9.17, 15) is 4.79 Å². The van der Waals surface area contributed by atoms with Crippen LogP contribution in [0.1, 0.15) is 5.56 Å². The Morgan fingerprint density at radius 1 is 0.966 bits per heavy atom. The van der Waals surface area contributed by atoms with E-state index in [1.807, 2.05) is 36.4 Å². The van der Waals surface area contributed by atoms with Crippen LogP contribution in [0, 0.1) is 0 Å². The van der Waals surface area contributed by atoms with Gasteiger partial charge in [-0.1, -0.05) is 30.3 Å². The fourth-order valence-electron chi connectivity index (χ4n) is 3.27. The van der Waals surface area contributed by atoms with Gasteiger partial charge in [-0.3, -0.25) is 9.55 Å². The van der Waals surface area contributed by atoms with E-state index < -0.39 is 0 Å². The molecule has 4 aromatic rings. The molecular weight excluding hydrogens is 372 g/mol. The Balaban J connectivity index is 1.86. The van der Waals surface area contributed by atoms with Crippen LogP contribution in [0.15, 0.2) is 53.5 Å². The molecular formula is C21H20N4O4. The number of hydrogen-bond acceptors (Lipinski definition) is 6. The van der Waals surface area contributed by atoms with Gasteiger partial charge in [-0.05, 0) is 17.7 Å². The molecule has 0 fully saturated rings. The van der Waals surface area contributed by atoms with Crippen molar-refractivity contribution in [1.29, 1.82) is 0 Å². The zero-order chi connectivity index (χ0) is 20.4. The van der Waals surface area contributed by atoms with Gasteiger partial charge in [0.05, 0.1) is 39.8 Å². The molecule has 0 spiro atoms. The van der Waals surface area contributed by atoms with E-state index in [2.05, 4.69) is 9.97 Å². The number of H-pyrrole nitrogens is 1. The van der Waals surface area contributed by atoms with Crippen LogP contribution < -0.4 is 19.9 Å². The molecule has 0 saturated heterocycles. The Kier molecular flexibility index (Phi) is 4.90. The van der Waals surface area contributed by atoms with E-state index in [-0.39, 0.29) is 5.69 Å². The largest absolute Gasteiger partial charge is 0.493 e. The lowest BCUT2D eigenvalue weighted by Crippen LogP contribution is -2.17. The van der Waals surface area contributed by atoms with Gasteiger partial charge in [0.15, 0.2) is 22.8 Å². The summed E-state index contributed by atoms with van der Waals surface area (Å²) in [7, 11) is 4.65. The number of benzene rings is 2. The van der Waals surface area contributed by atoms with Crippen molar-refractivity contribution in [3.63, 3.8) is 0 Å². The number of fused-ring (bicyclic) bond motifs is 1. The van der Waals surface area contributed by atoms with Crippen LogP contribution in [-0.4, -0.2) is 40.8 Å². The van der Waals surface area contributed by atoms with Gasteiger partial charge in [-0.25, -0.2) is 14.8 Å². The van der Waals surface area contributed by atoms with Crippen molar-refractivity contribution < 1.29 is 14.2 Å². The summed E-state index contributed by atoms with van der Waals surface area (Å²) in [5, 5.41) is 0. The minimum Gasteiger partial charge on any atom is -0.493 e. The Morgan fingerprint density at radius 2 is 1.72 bits per heavy atom. The number of hydrogen-bond donors (Lipinski definition) is 1. The first kappa shape index (κ1) is 18.5. The molecule has 1 N–H and O–H groups in total. The average Bonchev–Trinajstić information content (AvgIpc) is 3.07. The number of methoxy groups -OCH3 is 3. The van der Waals surface area contributed by atoms with Crippen LogP contribution in [0.3, 0.4) is 0 Å². The molecule has 0 aliphatic rings. The SMILES string of the molecule is COc1ccc(-c2cnc3[nH]c(=O)n(Cc4ccccc4)c3n2)c(OC)c1OC. The van der Waals surface area contributed by atoms with Crippen LogP contribution in [0.2, 0.25) is 0 Å². The highest BCUT2D eigenvalue weighted by molar-refractivity contribution is 5.77. The van der Waals surface area contributed by atoms with Gasteiger partial charge in [0.1, 0.15) is 0 Å². The lowest BCUT2D eigenvalue weighted by Gasteiger charge is -2.15. The molecule has 2 aromatic carbocycles. The molecule has 8 heteroatoms. The van der Waals surface area contributed by atoms with Gasteiger partial charge >= 0.3 is 5.69 Å². The topological polar surface area (TPSA) is 91.3 Å². The van der Waals surface area contributed by atoms with E-state index in [4.69, 9.17) is 19.2 Å². The summed E-state index contributed by atoms with van der Waals surface area (Å²) in [5.74, 6) is 1.49. The number of nitrogens with one attached hydrogen (secondary N) is 1. The molecule has 0 unspecified atom stereocenters. The number of imidazole rings is 1.